The van der Waals surface area contributed by atoms with Crippen LogP contribution in [0.25, 0.3) is 0 Å². The van der Waals surface area contributed by atoms with Gasteiger partial charge in [-0.1, -0.05) is 0 Å². The Hall–Kier alpha value is -0.810. The summed E-state index contributed by atoms with van der Waals surface area (Å²) in [6.45, 7) is 4.41. The summed E-state index contributed by atoms with van der Waals surface area (Å²) in [5.74, 6) is -0.287. The van der Waals surface area contributed by atoms with E-state index < -0.39 is 0 Å². The van der Waals surface area contributed by atoms with E-state index >= 15 is 0 Å². The van der Waals surface area contributed by atoms with E-state index in [0.29, 0.717) is 10.2 Å². The van der Waals surface area contributed by atoms with Gasteiger partial charge < -0.3 is 15.4 Å². The van der Waals surface area contributed by atoms with E-state index in [1.807, 2.05) is 6.92 Å². The summed E-state index contributed by atoms with van der Waals surface area (Å²) < 4.78 is 19.6. The third-order valence-electron chi connectivity index (χ3n) is 3.24. The van der Waals surface area contributed by atoms with Gasteiger partial charge in [0.05, 0.1) is 22.0 Å². The van der Waals surface area contributed by atoms with Crippen molar-refractivity contribution < 1.29 is 9.13 Å². The van der Waals surface area contributed by atoms with Crippen LogP contribution in [0, 0.1) is 5.82 Å². The number of nitrogens with two attached hydrogens (primary N) is 1. The Labute approximate surface area is 115 Å². The Kier molecular flexibility index (Phi) is 4.45. The molecule has 1 atom stereocenters. The highest BCUT2D eigenvalue weighted by atomic mass is 79.9. The number of halogens is 2. The Morgan fingerprint density at radius 1 is 1.56 bits per heavy atom. The molecule has 3 nitrogen and oxygen atoms in total. The summed E-state index contributed by atoms with van der Waals surface area (Å²) in [7, 11) is 0. The topological polar surface area (TPSA) is 38.5 Å². The number of anilines is 2. The standard InChI is InChI=1S/C13H18BrFN2O/c1-2-17(8-9-4-3-5-18-9)13-7-11(15)10(14)6-12(13)16/h6-7,9H,2-5,8,16H2,1H3. The molecule has 5 heteroatoms. The van der Waals surface area contributed by atoms with Crippen molar-refractivity contribution >= 4 is 27.3 Å². The molecule has 2 rings (SSSR count). The van der Waals surface area contributed by atoms with E-state index in [-0.39, 0.29) is 11.9 Å². The van der Waals surface area contributed by atoms with Gasteiger partial charge in [-0.3, -0.25) is 0 Å². The molecule has 1 aliphatic rings. The van der Waals surface area contributed by atoms with Crippen molar-refractivity contribution in [2.24, 2.45) is 0 Å². The monoisotopic (exact) mass is 316 g/mol. The van der Waals surface area contributed by atoms with Crippen molar-refractivity contribution in [3.63, 3.8) is 0 Å². The number of ether oxygens (including phenoxy) is 1. The van der Waals surface area contributed by atoms with E-state index in [1.54, 1.807) is 6.07 Å². The summed E-state index contributed by atoms with van der Waals surface area (Å²) in [5.41, 5.74) is 7.29. The maximum atomic E-state index is 13.6. The average molecular weight is 317 g/mol. The lowest BCUT2D eigenvalue weighted by atomic mass is 10.2. The largest absolute Gasteiger partial charge is 0.397 e. The fourth-order valence-electron chi connectivity index (χ4n) is 2.26. The first kappa shape index (κ1) is 13.6. The van der Waals surface area contributed by atoms with Crippen LogP contribution < -0.4 is 10.6 Å². The Morgan fingerprint density at radius 2 is 2.33 bits per heavy atom. The summed E-state index contributed by atoms with van der Waals surface area (Å²) >= 11 is 3.14. The molecule has 100 valence electrons. The minimum absolute atomic E-state index is 0.232. The van der Waals surface area contributed by atoms with Crippen LogP contribution >= 0.6 is 15.9 Å². The first-order valence-electron chi connectivity index (χ1n) is 6.23. The fraction of sp³-hybridized carbons (Fsp3) is 0.538. The predicted octanol–water partition coefficient (Wildman–Crippen LogP) is 3.18. The van der Waals surface area contributed by atoms with Crippen molar-refractivity contribution in [3.05, 3.63) is 22.4 Å². The van der Waals surface area contributed by atoms with Crippen molar-refractivity contribution in [1.82, 2.24) is 0 Å². The lowest BCUT2D eigenvalue weighted by Crippen LogP contribution is -2.32. The molecule has 0 spiro atoms. The molecule has 1 saturated heterocycles. The SMILES string of the molecule is CCN(CC1CCCO1)c1cc(F)c(Br)cc1N. The molecule has 18 heavy (non-hydrogen) atoms. The van der Waals surface area contributed by atoms with Crippen molar-refractivity contribution in [2.45, 2.75) is 25.9 Å². The number of nitrogens with zero attached hydrogens (tertiary/aromatic N) is 1. The molecule has 1 aromatic rings. The van der Waals surface area contributed by atoms with Gasteiger partial charge in [-0.25, -0.2) is 4.39 Å². The van der Waals surface area contributed by atoms with E-state index in [1.165, 1.54) is 6.07 Å². The number of hydrogen-bond donors (Lipinski definition) is 1. The number of rotatable bonds is 4. The van der Waals surface area contributed by atoms with Gasteiger partial charge in [0, 0.05) is 25.8 Å². The molecular formula is C13H18BrFN2O. The van der Waals surface area contributed by atoms with Gasteiger partial charge in [-0.05, 0) is 41.8 Å². The highest BCUT2D eigenvalue weighted by Gasteiger charge is 2.20. The molecule has 0 aromatic heterocycles. The van der Waals surface area contributed by atoms with Gasteiger partial charge in [0.25, 0.3) is 0 Å². The minimum Gasteiger partial charge on any atom is -0.397 e. The van der Waals surface area contributed by atoms with Crippen LogP contribution in [0.5, 0.6) is 0 Å². The summed E-state index contributed by atoms with van der Waals surface area (Å²) in [6, 6.07) is 3.10. The van der Waals surface area contributed by atoms with Gasteiger partial charge in [0.1, 0.15) is 5.82 Å². The Balaban J connectivity index is 2.18. The normalized spacial score (nSPS) is 19.2. The van der Waals surface area contributed by atoms with Crippen LogP contribution in [0.4, 0.5) is 15.8 Å². The Morgan fingerprint density at radius 3 is 2.94 bits per heavy atom. The number of hydrogen-bond acceptors (Lipinski definition) is 3. The van der Waals surface area contributed by atoms with Crippen molar-refractivity contribution in [1.29, 1.82) is 0 Å². The Bertz CT molecular complexity index is 422. The van der Waals surface area contributed by atoms with Gasteiger partial charge >= 0.3 is 0 Å². The second kappa shape index (κ2) is 5.89. The van der Waals surface area contributed by atoms with Gasteiger partial charge in [0.15, 0.2) is 0 Å². The zero-order valence-electron chi connectivity index (χ0n) is 10.5. The van der Waals surface area contributed by atoms with Crippen LogP contribution in [0.2, 0.25) is 0 Å². The maximum Gasteiger partial charge on any atom is 0.139 e. The van der Waals surface area contributed by atoms with Crippen LogP contribution in [0.3, 0.4) is 0 Å². The molecular weight excluding hydrogens is 299 g/mol. The molecule has 0 amide bonds. The maximum absolute atomic E-state index is 13.6. The minimum atomic E-state index is -0.287. The summed E-state index contributed by atoms with van der Waals surface area (Å²) in [5, 5.41) is 0. The average Bonchev–Trinajstić information content (AvgIpc) is 2.84. The van der Waals surface area contributed by atoms with Gasteiger partial charge in [0.2, 0.25) is 0 Å². The van der Waals surface area contributed by atoms with Crippen molar-refractivity contribution in [3.8, 4) is 0 Å². The van der Waals surface area contributed by atoms with E-state index in [9.17, 15) is 4.39 Å². The number of benzene rings is 1. The second-order valence-electron chi connectivity index (χ2n) is 4.50. The fourth-order valence-corrected chi connectivity index (χ4v) is 2.62. The van der Waals surface area contributed by atoms with Gasteiger partial charge in [-0.2, -0.15) is 0 Å². The molecule has 2 N–H and O–H groups in total. The van der Waals surface area contributed by atoms with Crippen LogP contribution in [0.1, 0.15) is 19.8 Å². The van der Waals surface area contributed by atoms with Gasteiger partial charge in [-0.15, -0.1) is 0 Å². The van der Waals surface area contributed by atoms with E-state index in [4.69, 9.17) is 10.5 Å². The van der Waals surface area contributed by atoms with Crippen LogP contribution in [-0.4, -0.2) is 25.8 Å². The molecule has 0 saturated carbocycles. The molecule has 1 unspecified atom stereocenters. The molecule has 1 fully saturated rings. The summed E-state index contributed by atoms with van der Waals surface area (Å²) in [6.07, 6.45) is 2.40. The lowest BCUT2D eigenvalue weighted by Gasteiger charge is -2.27. The molecule has 1 heterocycles. The highest BCUT2D eigenvalue weighted by Crippen LogP contribution is 2.30. The lowest BCUT2D eigenvalue weighted by molar-refractivity contribution is 0.116. The molecule has 1 aliphatic heterocycles. The molecule has 0 bridgehead atoms. The summed E-state index contributed by atoms with van der Waals surface area (Å²) in [4.78, 5) is 2.07. The zero-order valence-corrected chi connectivity index (χ0v) is 12.0. The molecule has 1 aromatic carbocycles. The van der Waals surface area contributed by atoms with E-state index in [0.717, 1.165) is 38.2 Å². The smallest absolute Gasteiger partial charge is 0.139 e. The predicted molar refractivity (Wildman–Crippen MR) is 75.4 cm³/mol. The zero-order chi connectivity index (χ0) is 13.1. The highest BCUT2D eigenvalue weighted by molar-refractivity contribution is 9.10. The quantitative estimate of drug-likeness (QED) is 0.867. The molecule has 0 aliphatic carbocycles. The van der Waals surface area contributed by atoms with Crippen LogP contribution in [0.15, 0.2) is 16.6 Å². The van der Waals surface area contributed by atoms with Crippen molar-refractivity contribution in [2.75, 3.05) is 30.3 Å². The van der Waals surface area contributed by atoms with Crippen LogP contribution in [-0.2, 0) is 4.74 Å². The second-order valence-corrected chi connectivity index (χ2v) is 5.35. The number of likely N-dealkylation sites (N-methyl/N-ethyl adjacent to an activating group) is 1. The third kappa shape index (κ3) is 2.95. The molecule has 0 radical (unpaired) electrons. The first-order chi connectivity index (χ1) is 8.61. The third-order valence-corrected chi connectivity index (χ3v) is 3.85. The number of nitrogen functional groups attached to an aromatic ring is 1. The first-order valence-corrected chi connectivity index (χ1v) is 7.02. The van der Waals surface area contributed by atoms with E-state index in [2.05, 4.69) is 20.8 Å².